The predicted molar refractivity (Wildman–Crippen MR) is 261 cm³/mol. The Kier molecular flexibility index (Phi) is 48.3. The Morgan fingerprint density at radius 3 is 1.00 bits per heavy atom. The van der Waals surface area contributed by atoms with Crippen molar-refractivity contribution in [2.45, 2.75) is 284 Å². The highest BCUT2D eigenvalue weighted by atomic mass is 16.6. The van der Waals surface area contributed by atoms with Gasteiger partial charge in [-0.1, -0.05) is 243 Å². The predicted octanol–water partition coefficient (Wildman–Crippen LogP) is 17.3. The standard InChI is InChI=1S/C55H100O6/c1-4-7-10-13-16-19-22-25-27-30-33-36-39-42-45-48-54(57)60-51-52(50-59-53(56)47-44-41-38-35-32-29-24-21-18-15-12-9-6-3)61-55(58)49-46-43-40-37-34-31-28-26-23-20-17-14-11-8-5-2/h7,10,16,19,25,27,52H,4-6,8-9,11-15,17-18,20-24,26,28-51H2,1-3H3/b10-7-,19-16-,27-25-. The van der Waals surface area contributed by atoms with Crippen molar-refractivity contribution >= 4 is 17.9 Å². The highest BCUT2D eigenvalue weighted by Gasteiger charge is 2.19. The van der Waals surface area contributed by atoms with E-state index in [2.05, 4.69) is 57.2 Å². The molecule has 0 saturated heterocycles. The Morgan fingerprint density at radius 2 is 0.639 bits per heavy atom. The van der Waals surface area contributed by atoms with Crippen LogP contribution in [0, 0.1) is 0 Å². The molecule has 0 amide bonds. The molecular weight excluding hydrogens is 757 g/mol. The van der Waals surface area contributed by atoms with E-state index in [9.17, 15) is 14.4 Å². The van der Waals surface area contributed by atoms with Gasteiger partial charge in [0, 0.05) is 19.3 Å². The van der Waals surface area contributed by atoms with Crippen LogP contribution >= 0.6 is 0 Å². The minimum Gasteiger partial charge on any atom is -0.462 e. The quantitative estimate of drug-likeness (QED) is 0.0262. The van der Waals surface area contributed by atoms with Gasteiger partial charge in [0.15, 0.2) is 6.10 Å². The third-order valence-corrected chi connectivity index (χ3v) is 11.7. The average Bonchev–Trinajstić information content (AvgIpc) is 3.26. The minimum absolute atomic E-state index is 0.0732. The SMILES string of the molecule is CC/C=C\C/C=C\C/C=C\CCCCCCCC(=O)OCC(COC(=O)CCCCCCCCCCCCCCC)OC(=O)CCCCCCCCCCCCCCCCC. The van der Waals surface area contributed by atoms with E-state index < -0.39 is 6.10 Å². The van der Waals surface area contributed by atoms with Crippen LogP contribution < -0.4 is 0 Å². The summed E-state index contributed by atoms with van der Waals surface area (Å²) in [5.74, 6) is -0.877. The molecule has 0 rings (SSSR count). The Morgan fingerprint density at radius 1 is 0.344 bits per heavy atom. The lowest BCUT2D eigenvalue weighted by atomic mass is 10.0. The summed E-state index contributed by atoms with van der Waals surface area (Å²) in [4.78, 5) is 38.0. The van der Waals surface area contributed by atoms with Gasteiger partial charge in [-0.2, -0.15) is 0 Å². The lowest BCUT2D eigenvalue weighted by molar-refractivity contribution is -0.167. The van der Waals surface area contributed by atoms with Crippen LogP contribution in [0.3, 0.4) is 0 Å². The second-order valence-corrected chi connectivity index (χ2v) is 17.8. The molecule has 6 nitrogen and oxygen atoms in total. The zero-order chi connectivity index (χ0) is 44.4. The normalized spacial score (nSPS) is 12.2. The Balaban J connectivity index is 4.37. The number of esters is 3. The molecule has 0 aromatic heterocycles. The first kappa shape index (κ1) is 58.6. The lowest BCUT2D eigenvalue weighted by Crippen LogP contribution is -2.30. The number of unbranched alkanes of at least 4 members (excludes halogenated alkanes) is 31. The van der Waals surface area contributed by atoms with Gasteiger partial charge in [0.05, 0.1) is 0 Å². The second kappa shape index (κ2) is 50.3. The van der Waals surface area contributed by atoms with Crippen molar-refractivity contribution in [3.05, 3.63) is 36.5 Å². The molecular formula is C55H100O6. The van der Waals surface area contributed by atoms with Gasteiger partial charge in [0.25, 0.3) is 0 Å². The first-order chi connectivity index (χ1) is 30.0. The van der Waals surface area contributed by atoms with E-state index in [1.807, 2.05) is 0 Å². The molecule has 0 radical (unpaired) electrons. The molecule has 1 atom stereocenters. The first-order valence-corrected chi connectivity index (χ1v) is 26.5. The van der Waals surface area contributed by atoms with E-state index in [0.717, 1.165) is 96.3 Å². The zero-order valence-corrected chi connectivity index (χ0v) is 40.7. The van der Waals surface area contributed by atoms with Crippen molar-refractivity contribution in [1.29, 1.82) is 0 Å². The summed E-state index contributed by atoms with van der Waals surface area (Å²) < 4.78 is 16.8. The number of ether oxygens (including phenoxy) is 3. The molecule has 1 unspecified atom stereocenters. The molecule has 0 aromatic carbocycles. The molecule has 0 aliphatic heterocycles. The van der Waals surface area contributed by atoms with E-state index in [4.69, 9.17) is 14.2 Å². The molecule has 61 heavy (non-hydrogen) atoms. The molecule has 356 valence electrons. The zero-order valence-electron chi connectivity index (χ0n) is 40.7. The molecule has 0 saturated carbocycles. The Labute approximate surface area is 378 Å². The van der Waals surface area contributed by atoms with Crippen molar-refractivity contribution in [3.8, 4) is 0 Å². The summed E-state index contributed by atoms with van der Waals surface area (Å²) >= 11 is 0. The fraction of sp³-hybridized carbons (Fsp3) is 0.836. The third kappa shape index (κ3) is 48.5. The summed E-state index contributed by atoms with van der Waals surface area (Å²) in [7, 11) is 0. The molecule has 6 heteroatoms. The number of allylic oxidation sites excluding steroid dienone is 6. The average molecular weight is 857 g/mol. The molecule has 0 aromatic rings. The van der Waals surface area contributed by atoms with Crippen molar-refractivity contribution < 1.29 is 28.6 Å². The number of hydrogen-bond donors (Lipinski definition) is 0. The maximum Gasteiger partial charge on any atom is 0.306 e. The molecule has 0 fully saturated rings. The van der Waals surface area contributed by atoms with E-state index >= 15 is 0 Å². The topological polar surface area (TPSA) is 78.9 Å². The van der Waals surface area contributed by atoms with Crippen LogP contribution in [-0.2, 0) is 28.6 Å². The van der Waals surface area contributed by atoms with Crippen LogP contribution in [0.15, 0.2) is 36.5 Å². The van der Waals surface area contributed by atoms with Gasteiger partial charge < -0.3 is 14.2 Å². The summed E-state index contributed by atoms with van der Waals surface area (Å²) in [5, 5.41) is 0. The Hall–Kier alpha value is -2.37. The molecule has 0 bridgehead atoms. The second-order valence-electron chi connectivity index (χ2n) is 17.8. The largest absolute Gasteiger partial charge is 0.462 e. The van der Waals surface area contributed by atoms with Crippen LogP contribution in [0.2, 0.25) is 0 Å². The van der Waals surface area contributed by atoms with Crippen molar-refractivity contribution in [2.75, 3.05) is 13.2 Å². The van der Waals surface area contributed by atoms with Crippen molar-refractivity contribution in [2.24, 2.45) is 0 Å². The monoisotopic (exact) mass is 857 g/mol. The fourth-order valence-corrected chi connectivity index (χ4v) is 7.69. The van der Waals surface area contributed by atoms with Crippen molar-refractivity contribution in [3.63, 3.8) is 0 Å². The van der Waals surface area contributed by atoms with Gasteiger partial charge >= 0.3 is 17.9 Å². The van der Waals surface area contributed by atoms with Gasteiger partial charge in [0.2, 0.25) is 0 Å². The van der Waals surface area contributed by atoms with Crippen LogP contribution in [-0.4, -0.2) is 37.2 Å². The molecule has 0 heterocycles. The van der Waals surface area contributed by atoms with Crippen LogP contribution in [0.4, 0.5) is 0 Å². The lowest BCUT2D eigenvalue weighted by Gasteiger charge is -2.18. The van der Waals surface area contributed by atoms with Crippen LogP contribution in [0.25, 0.3) is 0 Å². The fourth-order valence-electron chi connectivity index (χ4n) is 7.69. The number of hydrogen-bond acceptors (Lipinski definition) is 6. The molecule has 0 N–H and O–H groups in total. The summed E-state index contributed by atoms with van der Waals surface area (Å²) in [5.41, 5.74) is 0. The third-order valence-electron chi connectivity index (χ3n) is 11.7. The summed E-state index contributed by atoms with van der Waals surface area (Å²) in [6.45, 7) is 6.54. The van der Waals surface area contributed by atoms with Gasteiger partial charge in [-0.3, -0.25) is 14.4 Å². The maximum absolute atomic E-state index is 12.8. The highest BCUT2D eigenvalue weighted by Crippen LogP contribution is 2.16. The highest BCUT2D eigenvalue weighted by molar-refractivity contribution is 5.71. The maximum atomic E-state index is 12.8. The van der Waals surface area contributed by atoms with Gasteiger partial charge in [0.1, 0.15) is 13.2 Å². The number of rotatable bonds is 48. The van der Waals surface area contributed by atoms with Gasteiger partial charge in [-0.15, -0.1) is 0 Å². The molecule has 0 aliphatic carbocycles. The Bertz CT molecular complexity index is 1030. The smallest absolute Gasteiger partial charge is 0.306 e. The van der Waals surface area contributed by atoms with E-state index in [1.165, 1.54) is 141 Å². The van der Waals surface area contributed by atoms with E-state index in [0.29, 0.717) is 19.3 Å². The minimum atomic E-state index is -0.773. The van der Waals surface area contributed by atoms with E-state index in [1.54, 1.807) is 0 Å². The number of carbonyl (C=O) groups excluding carboxylic acids is 3. The molecule has 0 spiro atoms. The van der Waals surface area contributed by atoms with Crippen molar-refractivity contribution in [1.82, 2.24) is 0 Å². The summed E-state index contributed by atoms with van der Waals surface area (Å²) in [6, 6.07) is 0. The van der Waals surface area contributed by atoms with E-state index in [-0.39, 0.29) is 31.1 Å². The summed E-state index contributed by atoms with van der Waals surface area (Å²) in [6.07, 6.45) is 58.4. The first-order valence-electron chi connectivity index (χ1n) is 26.5. The van der Waals surface area contributed by atoms with Gasteiger partial charge in [-0.05, 0) is 51.4 Å². The van der Waals surface area contributed by atoms with Gasteiger partial charge in [-0.25, -0.2) is 0 Å². The molecule has 0 aliphatic rings. The van der Waals surface area contributed by atoms with Crippen LogP contribution in [0.1, 0.15) is 278 Å². The number of carbonyl (C=O) groups is 3. The van der Waals surface area contributed by atoms with Crippen LogP contribution in [0.5, 0.6) is 0 Å².